The molecule has 0 N–H and O–H groups in total. The molecule has 0 fully saturated rings. The summed E-state index contributed by atoms with van der Waals surface area (Å²) in [6, 6.07) is 26.5. The molecule has 0 spiro atoms. The van der Waals surface area contributed by atoms with E-state index in [-0.39, 0.29) is 6.04 Å². The van der Waals surface area contributed by atoms with Crippen LogP contribution in [0.5, 0.6) is 11.5 Å². The first kappa shape index (κ1) is 20.9. The van der Waals surface area contributed by atoms with Gasteiger partial charge in [-0.05, 0) is 64.7 Å². The lowest BCUT2D eigenvalue weighted by Gasteiger charge is -2.36. The lowest BCUT2D eigenvalue weighted by atomic mass is 9.89. The Morgan fingerprint density at radius 3 is 2.03 bits per heavy atom. The summed E-state index contributed by atoms with van der Waals surface area (Å²) in [5.41, 5.74) is 5.50. The summed E-state index contributed by atoms with van der Waals surface area (Å²) in [5.74, 6) is 2.40. The fourth-order valence-corrected chi connectivity index (χ4v) is 4.22. The number of ether oxygens (including phenoxy) is 3. The molecular weight excluding hydrogens is 412 g/mol. The molecule has 1 unspecified atom stereocenters. The molecule has 1 atom stereocenters. The quantitative estimate of drug-likeness (QED) is 0.514. The molecule has 3 aromatic rings. The van der Waals surface area contributed by atoms with Crippen LogP contribution in [0.25, 0.3) is 11.1 Å². The molecule has 0 saturated carbocycles. The minimum Gasteiger partial charge on any atom is -0.497 e. The van der Waals surface area contributed by atoms with Crippen molar-refractivity contribution < 1.29 is 14.2 Å². The molecule has 2 heterocycles. The van der Waals surface area contributed by atoms with Gasteiger partial charge in [0.05, 0.1) is 20.8 Å². The molecule has 33 heavy (non-hydrogen) atoms. The van der Waals surface area contributed by atoms with Crippen LogP contribution < -0.4 is 14.4 Å². The van der Waals surface area contributed by atoms with E-state index in [1.807, 2.05) is 30.3 Å². The van der Waals surface area contributed by atoms with E-state index >= 15 is 0 Å². The standard InChI is InChI=1S/C28H26N2O3/c1-31-24-12-8-20(9-13-24)22-18-26(21-10-14-25(32-2)15-11-21)27(28-29-16-17-33-28)30(19-22)23-6-4-3-5-7-23/h3-15,18-19,27H,16-17H2,1-2H3. The first-order valence-corrected chi connectivity index (χ1v) is 11.0. The van der Waals surface area contributed by atoms with Gasteiger partial charge in [0, 0.05) is 11.9 Å². The molecule has 0 aliphatic carbocycles. The van der Waals surface area contributed by atoms with Crippen molar-refractivity contribution in [3.05, 3.63) is 102 Å². The van der Waals surface area contributed by atoms with E-state index in [4.69, 9.17) is 19.2 Å². The number of hydrogen-bond acceptors (Lipinski definition) is 5. The molecule has 0 radical (unpaired) electrons. The van der Waals surface area contributed by atoms with Gasteiger partial charge >= 0.3 is 0 Å². The summed E-state index contributed by atoms with van der Waals surface area (Å²) in [6.07, 6.45) is 4.41. The van der Waals surface area contributed by atoms with Crippen molar-refractivity contribution in [3.63, 3.8) is 0 Å². The SMILES string of the molecule is COc1ccc(C2=CN(c3ccccc3)C(C3=NCCO3)C(c3ccc(OC)cc3)=C2)cc1. The highest BCUT2D eigenvalue weighted by Crippen LogP contribution is 2.37. The van der Waals surface area contributed by atoms with Gasteiger partial charge < -0.3 is 19.1 Å². The summed E-state index contributed by atoms with van der Waals surface area (Å²) in [7, 11) is 3.36. The second kappa shape index (κ2) is 9.25. The van der Waals surface area contributed by atoms with E-state index in [0.717, 1.165) is 45.4 Å². The van der Waals surface area contributed by atoms with Crippen molar-refractivity contribution in [2.45, 2.75) is 6.04 Å². The highest BCUT2D eigenvalue weighted by atomic mass is 16.5. The molecule has 0 bridgehead atoms. The maximum Gasteiger partial charge on any atom is 0.212 e. The van der Waals surface area contributed by atoms with Crippen LogP contribution in [0.2, 0.25) is 0 Å². The monoisotopic (exact) mass is 438 g/mol. The fourth-order valence-electron chi connectivity index (χ4n) is 4.22. The normalized spacial score (nSPS) is 17.6. The third-order valence-electron chi connectivity index (χ3n) is 5.91. The van der Waals surface area contributed by atoms with Gasteiger partial charge in [0.2, 0.25) is 5.90 Å². The Kier molecular flexibility index (Phi) is 5.85. The predicted octanol–water partition coefficient (Wildman–Crippen LogP) is 5.45. The van der Waals surface area contributed by atoms with E-state index in [0.29, 0.717) is 13.2 Å². The number of rotatable bonds is 6. The van der Waals surface area contributed by atoms with Gasteiger partial charge in [-0.1, -0.05) is 42.5 Å². The van der Waals surface area contributed by atoms with E-state index in [2.05, 4.69) is 65.7 Å². The molecule has 0 saturated heterocycles. The minimum absolute atomic E-state index is 0.162. The van der Waals surface area contributed by atoms with Gasteiger partial charge in [0.25, 0.3) is 0 Å². The Bertz CT molecular complexity index is 1200. The van der Waals surface area contributed by atoms with E-state index in [1.54, 1.807) is 14.2 Å². The molecule has 5 heteroatoms. The molecule has 0 amide bonds. The molecule has 0 aromatic heterocycles. The van der Waals surface area contributed by atoms with Crippen molar-refractivity contribution >= 4 is 22.7 Å². The Morgan fingerprint density at radius 2 is 1.45 bits per heavy atom. The molecule has 3 aromatic carbocycles. The van der Waals surface area contributed by atoms with Gasteiger partial charge in [-0.2, -0.15) is 0 Å². The van der Waals surface area contributed by atoms with Crippen LogP contribution >= 0.6 is 0 Å². The molecular formula is C28H26N2O3. The highest BCUT2D eigenvalue weighted by Gasteiger charge is 2.34. The van der Waals surface area contributed by atoms with Crippen molar-refractivity contribution in [1.82, 2.24) is 0 Å². The summed E-state index contributed by atoms with van der Waals surface area (Å²) in [5, 5.41) is 0. The van der Waals surface area contributed by atoms with Crippen LogP contribution in [0.15, 0.2) is 96.1 Å². The number of nitrogens with zero attached hydrogens (tertiary/aromatic N) is 2. The Labute approximate surface area is 194 Å². The van der Waals surface area contributed by atoms with E-state index in [1.165, 1.54) is 0 Å². The van der Waals surface area contributed by atoms with Gasteiger partial charge in [0.1, 0.15) is 24.1 Å². The van der Waals surface area contributed by atoms with Crippen LogP contribution in [0.1, 0.15) is 11.1 Å². The zero-order valence-electron chi connectivity index (χ0n) is 18.8. The highest BCUT2D eigenvalue weighted by molar-refractivity contribution is 6.05. The van der Waals surface area contributed by atoms with Gasteiger partial charge in [-0.3, -0.25) is 0 Å². The summed E-state index contributed by atoms with van der Waals surface area (Å²) in [6.45, 7) is 1.29. The second-order valence-electron chi connectivity index (χ2n) is 7.85. The first-order chi connectivity index (χ1) is 16.3. The molecule has 5 rings (SSSR count). The third-order valence-corrected chi connectivity index (χ3v) is 5.91. The Hall–Kier alpha value is -3.99. The smallest absolute Gasteiger partial charge is 0.212 e. The minimum atomic E-state index is -0.162. The number of hydrogen-bond donors (Lipinski definition) is 0. The van der Waals surface area contributed by atoms with Crippen LogP contribution in [-0.2, 0) is 4.74 Å². The molecule has 5 nitrogen and oxygen atoms in total. The summed E-state index contributed by atoms with van der Waals surface area (Å²) >= 11 is 0. The number of methoxy groups -OCH3 is 2. The van der Waals surface area contributed by atoms with Crippen molar-refractivity contribution in [1.29, 1.82) is 0 Å². The van der Waals surface area contributed by atoms with Gasteiger partial charge in [-0.25, -0.2) is 4.99 Å². The van der Waals surface area contributed by atoms with E-state index in [9.17, 15) is 0 Å². The van der Waals surface area contributed by atoms with Crippen LogP contribution in [-0.4, -0.2) is 39.3 Å². The topological polar surface area (TPSA) is 43.3 Å². The lowest BCUT2D eigenvalue weighted by molar-refractivity contribution is 0.337. The zero-order valence-corrected chi connectivity index (χ0v) is 18.8. The Balaban J connectivity index is 1.67. The summed E-state index contributed by atoms with van der Waals surface area (Å²) in [4.78, 5) is 6.96. The van der Waals surface area contributed by atoms with Gasteiger partial charge in [0.15, 0.2) is 0 Å². The third kappa shape index (κ3) is 4.22. The van der Waals surface area contributed by atoms with Crippen LogP contribution in [0, 0.1) is 0 Å². The number of allylic oxidation sites excluding steroid dienone is 2. The zero-order chi connectivity index (χ0) is 22.6. The maximum absolute atomic E-state index is 6.01. The molecule has 2 aliphatic rings. The van der Waals surface area contributed by atoms with Crippen LogP contribution in [0.4, 0.5) is 5.69 Å². The average Bonchev–Trinajstić information content (AvgIpc) is 3.43. The van der Waals surface area contributed by atoms with Gasteiger partial charge in [-0.15, -0.1) is 0 Å². The molecule has 166 valence electrons. The Morgan fingerprint density at radius 1 is 0.818 bits per heavy atom. The number of benzene rings is 3. The van der Waals surface area contributed by atoms with Crippen molar-refractivity contribution in [2.24, 2.45) is 4.99 Å². The van der Waals surface area contributed by atoms with Crippen molar-refractivity contribution in [2.75, 3.05) is 32.3 Å². The molecule has 2 aliphatic heterocycles. The number of anilines is 1. The predicted molar refractivity (Wildman–Crippen MR) is 133 cm³/mol. The second-order valence-corrected chi connectivity index (χ2v) is 7.85. The fraction of sp³-hybridized carbons (Fsp3) is 0.179. The number of aliphatic imine (C=N–C) groups is 1. The lowest BCUT2D eigenvalue weighted by Crippen LogP contribution is -2.41. The van der Waals surface area contributed by atoms with E-state index < -0.39 is 0 Å². The average molecular weight is 439 g/mol. The first-order valence-electron chi connectivity index (χ1n) is 11.0. The van der Waals surface area contributed by atoms with Crippen LogP contribution in [0.3, 0.4) is 0 Å². The largest absolute Gasteiger partial charge is 0.497 e. The number of para-hydroxylation sites is 1. The summed E-state index contributed by atoms with van der Waals surface area (Å²) < 4.78 is 16.7. The maximum atomic E-state index is 6.01. The van der Waals surface area contributed by atoms with Crippen molar-refractivity contribution in [3.8, 4) is 11.5 Å².